The van der Waals surface area contributed by atoms with Crippen molar-refractivity contribution in [2.75, 3.05) is 13.2 Å². The molecule has 3 heteroatoms. The molecule has 0 aliphatic heterocycles. The smallest absolute Gasteiger partial charge is 0.216 e. The molecule has 1 amide bonds. The van der Waals surface area contributed by atoms with Crippen molar-refractivity contribution >= 4 is 5.91 Å². The third-order valence-corrected chi connectivity index (χ3v) is 1.88. The number of rotatable bonds is 4. The fraction of sp³-hybridized carbons (Fsp3) is 0.875. The predicted octanol–water partition coefficient (Wildman–Crippen LogP) is 0.692. The van der Waals surface area contributed by atoms with Gasteiger partial charge in [-0.1, -0.05) is 0 Å². The summed E-state index contributed by atoms with van der Waals surface area (Å²) in [5.74, 6) is 0.0159. The summed E-state index contributed by atoms with van der Waals surface area (Å²) in [5, 5.41) is 2.69. The van der Waals surface area contributed by atoms with E-state index >= 15 is 0 Å². The molecule has 1 aliphatic rings. The van der Waals surface area contributed by atoms with Crippen LogP contribution in [-0.2, 0) is 9.53 Å². The van der Waals surface area contributed by atoms with Crippen LogP contribution >= 0.6 is 0 Å². The molecule has 0 radical (unpaired) electrons. The molecule has 0 bridgehead atoms. The molecule has 1 fully saturated rings. The molecule has 0 saturated heterocycles. The molecule has 11 heavy (non-hydrogen) atoms. The van der Waals surface area contributed by atoms with Crippen LogP contribution in [0.15, 0.2) is 0 Å². The summed E-state index contributed by atoms with van der Waals surface area (Å²) in [6.07, 6.45) is 4.16. The van der Waals surface area contributed by atoms with Crippen LogP contribution in [0.4, 0.5) is 0 Å². The zero-order valence-electron chi connectivity index (χ0n) is 6.93. The molecule has 0 unspecified atom stereocenters. The molecule has 0 heterocycles. The molecule has 1 aliphatic carbocycles. The van der Waals surface area contributed by atoms with Crippen LogP contribution in [0.25, 0.3) is 0 Å². The number of carbonyl (C=O) groups is 1. The monoisotopic (exact) mass is 157 g/mol. The Balaban J connectivity index is 1.83. The zero-order chi connectivity index (χ0) is 8.10. The minimum absolute atomic E-state index is 0.0159. The highest BCUT2D eigenvalue weighted by molar-refractivity contribution is 5.72. The van der Waals surface area contributed by atoms with Crippen LogP contribution in [0.3, 0.4) is 0 Å². The summed E-state index contributed by atoms with van der Waals surface area (Å²) in [4.78, 5) is 10.4. The molecular formula is C8H15NO2. The maximum absolute atomic E-state index is 10.4. The first-order valence-corrected chi connectivity index (χ1v) is 4.15. The summed E-state index contributed by atoms with van der Waals surface area (Å²) in [6.45, 7) is 2.82. The lowest BCUT2D eigenvalue weighted by Gasteiger charge is -2.25. The minimum Gasteiger partial charge on any atom is -0.376 e. The van der Waals surface area contributed by atoms with Gasteiger partial charge in [0.25, 0.3) is 0 Å². The van der Waals surface area contributed by atoms with Gasteiger partial charge in [0.1, 0.15) is 0 Å². The molecule has 3 nitrogen and oxygen atoms in total. The number of nitrogens with one attached hydrogen (secondary N) is 1. The van der Waals surface area contributed by atoms with Gasteiger partial charge in [0.05, 0.1) is 12.7 Å². The maximum atomic E-state index is 10.4. The highest BCUT2D eigenvalue weighted by Crippen LogP contribution is 2.21. The lowest BCUT2D eigenvalue weighted by atomic mass is 9.96. The molecule has 1 N–H and O–H groups in total. The SMILES string of the molecule is CC(=O)NCCOC1CCC1. The second-order valence-corrected chi connectivity index (χ2v) is 2.91. The van der Waals surface area contributed by atoms with Gasteiger partial charge in [0.2, 0.25) is 5.91 Å². The topological polar surface area (TPSA) is 38.3 Å². The first-order valence-electron chi connectivity index (χ1n) is 4.15. The summed E-state index contributed by atoms with van der Waals surface area (Å²) < 4.78 is 5.41. The largest absolute Gasteiger partial charge is 0.376 e. The van der Waals surface area contributed by atoms with Crippen LogP contribution in [0, 0.1) is 0 Å². The van der Waals surface area contributed by atoms with Crippen molar-refractivity contribution in [3.63, 3.8) is 0 Å². The lowest BCUT2D eigenvalue weighted by molar-refractivity contribution is -0.119. The van der Waals surface area contributed by atoms with Crippen LogP contribution in [0.5, 0.6) is 0 Å². The van der Waals surface area contributed by atoms with Gasteiger partial charge in [-0.25, -0.2) is 0 Å². The van der Waals surface area contributed by atoms with Crippen molar-refractivity contribution in [2.45, 2.75) is 32.3 Å². The molecule has 0 aromatic heterocycles. The van der Waals surface area contributed by atoms with Gasteiger partial charge in [0, 0.05) is 13.5 Å². The van der Waals surface area contributed by atoms with Crippen LogP contribution < -0.4 is 5.32 Å². The first kappa shape index (κ1) is 8.53. The van der Waals surface area contributed by atoms with E-state index in [1.165, 1.54) is 26.2 Å². The van der Waals surface area contributed by atoms with E-state index in [0.717, 1.165) is 0 Å². The zero-order valence-corrected chi connectivity index (χ0v) is 6.93. The number of amides is 1. The standard InChI is InChI=1S/C8H15NO2/c1-7(10)9-5-6-11-8-3-2-4-8/h8H,2-6H2,1H3,(H,9,10). The van der Waals surface area contributed by atoms with E-state index in [0.29, 0.717) is 19.3 Å². The third kappa shape index (κ3) is 3.37. The van der Waals surface area contributed by atoms with E-state index in [4.69, 9.17) is 4.74 Å². The van der Waals surface area contributed by atoms with Crippen molar-refractivity contribution in [1.29, 1.82) is 0 Å². The highest BCUT2D eigenvalue weighted by Gasteiger charge is 2.16. The van der Waals surface area contributed by atoms with E-state index in [9.17, 15) is 4.79 Å². The second-order valence-electron chi connectivity index (χ2n) is 2.91. The van der Waals surface area contributed by atoms with Crippen molar-refractivity contribution in [2.24, 2.45) is 0 Å². The summed E-state index contributed by atoms with van der Waals surface area (Å²) >= 11 is 0. The fourth-order valence-electron chi connectivity index (χ4n) is 0.990. The molecule has 0 aromatic carbocycles. The molecule has 0 aromatic rings. The Labute approximate surface area is 67.1 Å². The number of hydrogen-bond acceptors (Lipinski definition) is 2. The molecule has 0 spiro atoms. The van der Waals surface area contributed by atoms with Gasteiger partial charge in [-0.3, -0.25) is 4.79 Å². The molecule has 1 saturated carbocycles. The average molecular weight is 157 g/mol. The Kier molecular flexibility index (Phi) is 3.36. The quantitative estimate of drug-likeness (QED) is 0.610. The first-order chi connectivity index (χ1) is 5.29. The van der Waals surface area contributed by atoms with Gasteiger partial charge in [-0.15, -0.1) is 0 Å². The Morgan fingerprint density at radius 3 is 2.82 bits per heavy atom. The van der Waals surface area contributed by atoms with Crippen molar-refractivity contribution < 1.29 is 9.53 Å². The van der Waals surface area contributed by atoms with E-state index in [-0.39, 0.29) is 5.91 Å². The van der Waals surface area contributed by atoms with Crippen LogP contribution in [-0.4, -0.2) is 25.2 Å². The van der Waals surface area contributed by atoms with E-state index < -0.39 is 0 Å². The number of ether oxygens (including phenoxy) is 1. The lowest BCUT2D eigenvalue weighted by Crippen LogP contribution is -2.29. The van der Waals surface area contributed by atoms with Crippen molar-refractivity contribution in [3.8, 4) is 0 Å². The predicted molar refractivity (Wildman–Crippen MR) is 42.3 cm³/mol. The fourth-order valence-corrected chi connectivity index (χ4v) is 0.990. The normalized spacial score (nSPS) is 17.5. The van der Waals surface area contributed by atoms with Crippen LogP contribution in [0.1, 0.15) is 26.2 Å². The van der Waals surface area contributed by atoms with E-state index in [1.807, 2.05) is 0 Å². The Bertz CT molecular complexity index is 132. The molecule has 64 valence electrons. The number of carbonyl (C=O) groups excluding carboxylic acids is 1. The Morgan fingerprint density at radius 2 is 2.36 bits per heavy atom. The van der Waals surface area contributed by atoms with Gasteiger partial charge >= 0.3 is 0 Å². The van der Waals surface area contributed by atoms with Crippen molar-refractivity contribution in [3.05, 3.63) is 0 Å². The summed E-state index contributed by atoms with van der Waals surface area (Å²) in [5.41, 5.74) is 0. The molecule has 0 atom stereocenters. The van der Waals surface area contributed by atoms with Gasteiger partial charge in [-0.05, 0) is 19.3 Å². The van der Waals surface area contributed by atoms with Crippen LogP contribution in [0.2, 0.25) is 0 Å². The Morgan fingerprint density at radius 1 is 1.64 bits per heavy atom. The average Bonchev–Trinajstić information content (AvgIpc) is 1.82. The second kappa shape index (κ2) is 4.34. The highest BCUT2D eigenvalue weighted by atomic mass is 16.5. The summed E-state index contributed by atoms with van der Waals surface area (Å²) in [7, 11) is 0. The van der Waals surface area contributed by atoms with Crippen molar-refractivity contribution in [1.82, 2.24) is 5.32 Å². The summed E-state index contributed by atoms with van der Waals surface area (Å²) in [6, 6.07) is 0. The van der Waals surface area contributed by atoms with Gasteiger partial charge in [0.15, 0.2) is 0 Å². The maximum Gasteiger partial charge on any atom is 0.216 e. The van der Waals surface area contributed by atoms with E-state index in [1.54, 1.807) is 0 Å². The molecular weight excluding hydrogens is 142 g/mol. The van der Waals surface area contributed by atoms with Gasteiger partial charge in [-0.2, -0.15) is 0 Å². The Hall–Kier alpha value is -0.570. The van der Waals surface area contributed by atoms with E-state index in [2.05, 4.69) is 5.32 Å². The minimum atomic E-state index is 0.0159. The molecule has 1 rings (SSSR count). The number of hydrogen-bond donors (Lipinski definition) is 1. The third-order valence-electron chi connectivity index (χ3n) is 1.88. The van der Waals surface area contributed by atoms with Gasteiger partial charge < -0.3 is 10.1 Å².